The van der Waals surface area contributed by atoms with Gasteiger partial charge in [0.1, 0.15) is 21.3 Å². The summed E-state index contributed by atoms with van der Waals surface area (Å²) in [4.78, 5) is 38.4. The zero-order chi connectivity index (χ0) is 21.1. The summed E-state index contributed by atoms with van der Waals surface area (Å²) in [6.07, 6.45) is 0. The van der Waals surface area contributed by atoms with E-state index in [1.807, 2.05) is 42.2 Å². The van der Waals surface area contributed by atoms with E-state index in [9.17, 15) is 9.59 Å². The molecular weight excluding hydrogens is 420 g/mol. The van der Waals surface area contributed by atoms with Gasteiger partial charge in [-0.2, -0.15) is 0 Å². The lowest BCUT2D eigenvalue weighted by molar-refractivity contribution is -0.120. The van der Waals surface area contributed by atoms with Crippen LogP contribution in [0.25, 0.3) is 10.2 Å². The molecule has 156 valence electrons. The highest BCUT2D eigenvalue weighted by Crippen LogP contribution is 2.37. The first-order valence-corrected chi connectivity index (χ1v) is 11.5. The van der Waals surface area contributed by atoms with Crippen LogP contribution in [0, 0.1) is 6.92 Å². The number of nitrogens with one attached hydrogen (secondary N) is 1. The van der Waals surface area contributed by atoms with Gasteiger partial charge in [0.25, 0.3) is 0 Å². The average molecular weight is 443 g/mol. The molecule has 1 fully saturated rings. The van der Waals surface area contributed by atoms with E-state index in [0.29, 0.717) is 42.0 Å². The first-order chi connectivity index (χ1) is 14.6. The van der Waals surface area contributed by atoms with Crippen LogP contribution < -0.4 is 10.2 Å². The number of carbonyl (C=O) groups is 2. The lowest BCUT2D eigenvalue weighted by atomic mass is 10.2. The number of nitrogens with zero attached hydrogens (tertiary/aromatic N) is 3. The van der Waals surface area contributed by atoms with Crippen LogP contribution in [0.2, 0.25) is 0 Å². The highest BCUT2D eigenvalue weighted by atomic mass is 32.2. The molecule has 4 rings (SSSR count). The number of fused-ring (bicyclic) bond motifs is 1. The molecule has 1 amide bonds. The van der Waals surface area contributed by atoms with Crippen molar-refractivity contribution < 1.29 is 14.3 Å². The monoisotopic (exact) mass is 442 g/mol. The Labute approximate surface area is 182 Å². The number of hydrogen-bond donors (Lipinski definition) is 1. The van der Waals surface area contributed by atoms with Gasteiger partial charge in [0.2, 0.25) is 5.91 Å². The molecule has 0 radical (unpaired) electrons. The van der Waals surface area contributed by atoms with Gasteiger partial charge in [0.05, 0.1) is 24.3 Å². The largest absolute Gasteiger partial charge is 0.462 e. The SMILES string of the molecule is CCOC(=O)c1sc2nc(CSc3ccccc3)nc(N3CCNC(=O)C3)c2c1C. The number of esters is 1. The Morgan fingerprint density at radius 3 is 2.83 bits per heavy atom. The van der Waals surface area contributed by atoms with E-state index >= 15 is 0 Å². The van der Waals surface area contributed by atoms with E-state index in [4.69, 9.17) is 14.7 Å². The number of anilines is 1. The van der Waals surface area contributed by atoms with E-state index < -0.39 is 0 Å². The van der Waals surface area contributed by atoms with Gasteiger partial charge in [-0.1, -0.05) is 18.2 Å². The Kier molecular flexibility index (Phi) is 6.19. The summed E-state index contributed by atoms with van der Waals surface area (Å²) in [5, 5.41) is 3.67. The number of thioether (sulfide) groups is 1. The first kappa shape index (κ1) is 20.6. The van der Waals surface area contributed by atoms with Gasteiger partial charge in [0.15, 0.2) is 0 Å². The first-order valence-electron chi connectivity index (χ1n) is 9.73. The number of piperazine rings is 1. The maximum absolute atomic E-state index is 12.4. The molecule has 3 heterocycles. The summed E-state index contributed by atoms with van der Waals surface area (Å²) in [7, 11) is 0. The zero-order valence-electron chi connectivity index (χ0n) is 16.8. The Balaban J connectivity index is 1.75. The second-order valence-electron chi connectivity index (χ2n) is 6.79. The summed E-state index contributed by atoms with van der Waals surface area (Å²) < 4.78 is 5.22. The topological polar surface area (TPSA) is 84.4 Å². The van der Waals surface area contributed by atoms with Crippen molar-refractivity contribution >= 4 is 51.0 Å². The third-order valence-electron chi connectivity index (χ3n) is 4.73. The molecule has 3 aromatic rings. The number of aromatic nitrogens is 2. The fraction of sp³-hybridized carbons (Fsp3) is 0.333. The molecule has 0 atom stereocenters. The van der Waals surface area contributed by atoms with Gasteiger partial charge in [-0.3, -0.25) is 4.79 Å². The van der Waals surface area contributed by atoms with Crippen LogP contribution in [-0.4, -0.2) is 48.1 Å². The molecule has 0 unspecified atom stereocenters. The molecule has 1 saturated heterocycles. The lowest BCUT2D eigenvalue weighted by Gasteiger charge is -2.28. The number of rotatable bonds is 6. The quantitative estimate of drug-likeness (QED) is 0.463. The van der Waals surface area contributed by atoms with E-state index in [1.165, 1.54) is 11.3 Å². The fourth-order valence-corrected chi connectivity index (χ4v) is 5.19. The molecule has 0 aliphatic carbocycles. The molecule has 2 aromatic heterocycles. The smallest absolute Gasteiger partial charge is 0.348 e. The Morgan fingerprint density at radius 1 is 1.30 bits per heavy atom. The van der Waals surface area contributed by atoms with Crippen molar-refractivity contribution in [3.8, 4) is 0 Å². The Hall–Kier alpha value is -2.65. The van der Waals surface area contributed by atoms with E-state index in [0.717, 1.165) is 20.7 Å². The van der Waals surface area contributed by atoms with Crippen molar-refractivity contribution in [1.82, 2.24) is 15.3 Å². The molecule has 30 heavy (non-hydrogen) atoms. The van der Waals surface area contributed by atoms with Gasteiger partial charge in [-0.05, 0) is 31.5 Å². The van der Waals surface area contributed by atoms with Crippen molar-refractivity contribution in [3.63, 3.8) is 0 Å². The third-order valence-corrected chi connectivity index (χ3v) is 6.90. The van der Waals surface area contributed by atoms with Crippen molar-refractivity contribution in [2.45, 2.75) is 24.5 Å². The van der Waals surface area contributed by atoms with Crippen LogP contribution in [0.5, 0.6) is 0 Å². The van der Waals surface area contributed by atoms with Crippen LogP contribution in [0.15, 0.2) is 35.2 Å². The Morgan fingerprint density at radius 2 is 2.10 bits per heavy atom. The summed E-state index contributed by atoms with van der Waals surface area (Å²) in [6.45, 7) is 5.45. The molecular formula is C21H22N4O3S2. The molecule has 1 N–H and O–H groups in total. The molecule has 0 spiro atoms. The molecule has 1 aromatic carbocycles. The van der Waals surface area contributed by atoms with Crippen molar-refractivity contribution in [3.05, 3.63) is 46.6 Å². The summed E-state index contributed by atoms with van der Waals surface area (Å²) >= 11 is 2.98. The Bertz CT molecular complexity index is 1080. The lowest BCUT2D eigenvalue weighted by Crippen LogP contribution is -2.48. The number of thiophene rings is 1. The fourth-order valence-electron chi connectivity index (χ4n) is 3.33. The van der Waals surface area contributed by atoms with Crippen LogP contribution in [-0.2, 0) is 15.3 Å². The summed E-state index contributed by atoms with van der Waals surface area (Å²) in [5.41, 5.74) is 0.802. The highest BCUT2D eigenvalue weighted by Gasteiger charge is 2.26. The predicted octanol–water partition coefficient (Wildman–Crippen LogP) is 3.40. The van der Waals surface area contributed by atoms with Crippen LogP contribution >= 0.6 is 23.1 Å². The summed E-state index contributed by atoms with van der Waals surface area (Å²) in [6, 6.07) is 10.1. The van der Waals surface area contributed by atoms with Crippen molar-refractivity contribution in [2.75, 3.05) is 31.1 Å². The zero-order valence-corrected chi connectivity index (χ0v) is 18.4. The molecule has 9 heteroatoms. The number of benzene rings is 1. The minimum atomic E-state index is -0.347. The van der Waals surface area contributed by atoms with Gasteiger partial charge < -0.3 is 15.0 Å². The number of ether oxygens (including phenoxy) is 1. The van der Waals surface area contributed by atoms with Crippen LogP contribution in [0.3, 0.4) is 0 Å². The van der Waals surface area contributed by atoms with Crippen molar-refractivity contribution in [1.29, 1.82) is 0 Å². The summed E-state index contributed by atoms with van der Waals surface area (Å²) in [5.74, 6) is 1.60. The molecule has 0 saturated carbocycles. The van der Waals surface area contributed by atoms with E-state index in [2.05, 4.69) is 5.32 Å². The molecule has 0 bridgehead atoms. The van der Waals surface area contributed by atoms with E-state index in [1.54, 1.807) is 18.7 Å². The van der Waals surface area contributed by atoms with Gasteiger partial charge >= 0.3 is 5.97 Å². The van der Waals surface area contributed by atoms with Gasteiger partial charge in [-0.15, -0.1) is 23.1 Å². The second kappa shape index (κ2) is 9.01. The number of hydrogen-bond acceptors (Lipinski definition) is 8. The normalized spacial score (nSPS) is 14.1. The molecule has 1 aliphatic rings. The van der Waals surface area contributed by atoms with Crippen LogP contribution in [0.1, 0.15) is 28.0 Å². The molecule has 1 aliphatic heterocycles. The van der Waals surface area contributed by atoms with E-state index in [-0.39, 0.29) is 18.4 Å². The minimum absolute atomic E-state index is 0.0354. The van der Waals surface area contributed by atoms with Crippen LogP contribution in [0.4, 0.5) is 5.82 Å². The maximum atomic E-state index is 12.4. The second-order valence-corrected chi connectivity index (χ2v) is 8.84. The molecule has 7 nitrogen and oxygen atoms in total. The van der Waals surface area contributed by atoms with Gasteiger partial charge in [-0.25, -0.2) is 14.8 Å². The third kappa shape index (κ3) is 4.27. The number of carbonyl (C=O) groups excluding carboxylic acids is 2. The highest BCUT2D eigenvalue weighted by molar-refractivity contribution is 7.98. The standard InChI is InChI=1S/C21H22N4O3S2/c1-3-28-21(27)18-13(2)17-19(25-10-9-22-16(26)11-25)23-15(24-20(17)30-18)12-29-14-7-5-4-6-8-14/h4-8H,3,9-12H2,1-2H3,(H,22,26). The minimum Gasteiger partial charge on any atom is -0.462 e. The number of aryl methyl sites for hydroxylation is 1. The average Bonchev–Trinajstić information content (AvgIpc) is 3.09. The number of amides is 1. The van der Waals surface area contributed by atoms with Crippen molar-refractivity contribution in [2.24, 2.45) is 0 Å². The maximum Gasteiger partial charge on any atom is 0.348 e. The predicted molar refractivity (Wildman–Crippen MR) is 119 cm³/mol. The van der Waals surface area contributed by atoms with Gasteiger partial charge in [0, 0.05) is 18.0 Å².